The molecule has 1 saturated heterocycles. The number of nitrogens with zero attached hydrogens (tertiary/aromatic N) is 5. The number of fused-ring (bicyclic) bond motifs is 1. The largest absolute Gasteiger partial charge is 0.249 e. The molecule has 3 heterocycles. The lowest BCUT2D eigenvalue weighted by molar-refractivity contribution is 0.316. The molecule has 1 aliphatic heterocycles. The third kappa shape index (κ3) is 2.98. The number of rotatable bonds is 3. The molecule has 0 radical (unpaired) electrons. The average Bonchev–Trinajstić information content (AvgIpc) is 2.99. The van der Waals surface area contributed by atoms with Crippen LogP contribution in [0.25, 0.3) is 11.2 Å². The number of benzene rings is 1. The molecule has 0 amide bonds. The van der Waals surface area contributed by atoms with Gasteiger partial charge in [0.2, 0.25) is 10.0 Å². The van der Waals surface area contributed by atoms with Gasteiger partial charge in [-0.15, -0.1) is 0 Å². The first-order chi connectivity index (χ1) is 12.5. The Labute approximate surface area is 156 Å². The fourth-order valence-corrected chi connectivity index (χ4v) is 5.00. The van der Waals surface area contributed by atoms with Crippen LogP contribution in [0, 0.1) is 0 Å². The summed E-state index contributed by atoms with van der Waals surface area (Å²) < 4.78 is 28.9. The minimum atomic E-state index is -3.50. The van der Waals surface area contributed by atoms with Crippen LogP contribution in [-0.4, -0.2) is 45.6 Å². The van der Waals surface area contributed by atoms with Gasteiger partial charge in [0.25, 0.3) is 0 Å². The van der Waals surface area contributed by atoms with Crippen molar-refractivity contribution >= 4 is 32.8 Å². The average molecular weight is 392 g/mol. The molecule has 7 nitrogen and oxygen atoms in total. The number of aromatic nitrogens is 4. The fraction of sp³-hybridized carbons (Fsp3) is 0.353. The molecule has 0 atom stereocenters. The zero-order chi connectivity index (χ0) is 18.3. The maximum atomic E-state index is 12.8. The van der Waals surface area contributed by atoms with E-state index >= 15 is 0 Å². The van der Waals surface area contributed by atoms with Gasteiger partial charge in [-0.2, -0.15) is 9.40 Å². The van der Waals surface area contributed by atoms with Gasteiger partial charge in [0.05, 0.1) is 10.6 Å². The molecule has 2 aromatic heterocycles. The molecule has 0 saturated carbocycles. The Morgan fingerprint density at radius 1 is 1.08 bits per heavy atom. The third-order valence-corrected chi connectivity index (χ3v) is 6.94. The lowest BCUT2D eigenvalue weighted by Crippen LogP contribution is -2.38. The van der Waals surface area contributed by atoms with Gasteiger partial charge in [-0.05, 0) is 37.1 Å². The van der Waals surface area contributed by atoms with Crippen LogP contribution < -0.4 is 0 Å². The van der Waals surface area contributed by atoms with Gasteiger partial charge < -0.3 is 0 Å². The first-order valence-electron chi connectivity index (χ1n) is 8.36. The lowest BCUT2D eigenvalue weighted by Gasteiger charge is -2.30. The first-order valence-corrected chi connectivity index (χ1v) is 10.2. The molecule has 136 valence electrons. The highest BCUT2D eigenvalue weighted by atomic mass is 35.5. The van der Waals surface area contributed by atoms with Crippen LogP contribution in [-0.2, 0) is 17.1 Å². The van der Waals surface area contributed by atoms with E-state index in [2.05, 4.69) is 15.1 Å². The smallest absolute Gasteiger partial charge is 0.243 e. The maximum Gasteiger partial charge on any atom is 0.243 e. The standard InChI is InChI=1S/C17H18ClN5O2S/c1-22-17-16(19-8-9-20-17)15(21-22)12-6-10-23(11-7-12)26(24,25)14-4-2-13(18)3-5-14/h2-5,8-9,12H,6-7,10-11H2,1H3. The van der Waals surface area contributed by atoms with E-state index in [4.69, 9.17) is 11.6 Å². The van der Waals surface area contributed by atoms with E-state index in [9.17, 15) is 8.42 Å². The highest BCUT2D eigenvalue weighted by Gasteiger charge is 2.32. The summed E-state index contributed by atoms with van der Waals surface area (Å²) in [5.41, 5.74) is 2.45. The van der Waals surface area contributed by atoms with Gasteiger partial charge in [0.1, 0.15) is 5.52 Å². The van der Waals surface area contributed by atoms with Crippen molar-refractivity contribution in [1.82, 2.24) is 24.1 Å². The van der Waals surface area contributed by atoms with Crippen LogP contribution >= 0.6 is 11.6 Å². The second-order valence-electron chi connectivity index (χ2n) is 6.37. The van der Waals surface area contributed by atoms with Crippen LogP contribution in [0.2, 0.25) is 5.02 Å². The van der Waals surface area contributed by atoms with Crippen LogP contribution in [0.15, 0.2) is 41.6 Å². The lowest BCUT2D eigenvalue weighted by atomic mass is 9.94. The van der Waals surface area contributed by atoms with Crippen molar-refractivity contribution in [3.63, 3.8) is 0 Å². The molecule has 1 aliphatic rings. The van der Waals surface area contributed by atoms with E-state index in [0.717, 1.165) is 16.9 Å². The van der Waals surface area contributed by atoms with E-state index in [0.29, 0.717) is 31.0 Å². The Bertz CT molecular complexity index is 1040. The molecular weight excluding hydrogens is 374 g/mol. The molecule has 3 aromatic rings. The highest BCUT2D eigenvalue weighted by Crippen LogP contribution is 2.32. The van der Waals surface area contributed by atoms with Crippen molar-refractivity contribution in [3.05, 3.63) is 47.4 Å². The van der Waals surface area contributed by atoms with Crippen LogP contribution in [0.1, 0.15) is 24.5 Å². The van der Waals surface area contributed by atoms with Gasteiger partial charge >= 0.3 is 0 Å². The summed E-state index contributed by atoms with van der Waals surface area (Å²) in [5.74, 6) is 0.173. The SMILES string of the molecule is Cn1nc(C2CCN(S(=O)(=O)c3ccc(Cl)cc3)CC2)c2nccnc21. The second kappa shape index (κ2) is 6.61. The van der Waals surface area contributed by atoms with Crippen LogP contribution in [0.4, 0.5) is 0 Å². The first kappa shape index (κ1) is 17.4. The number of sulfonamides is 1. The Hall–Kier alpha value is -2.03. The topological polar surface area (TPSA) is 81.0 Å². The van der Waals surface area contributed by atoms with Crippen LogP contribution in [0.3, 0.4) is 0 Å². The Morgan fingerprint density at radius 3 is 2.42 bits per heavy atom. The molecule has 1 aromatic carbocycles. The predicted molar refractivity (Wildman–Crippen MR) is 98.5 cm³/mol. The maximum absolute atomic E-state index is 12.8. The van der Waals surface area contributed by atoms with E-state index < -0.39 is 10.0 Å². The normalized spacial score (nSPS) is 17.0. The summed E-state index contributed by atoms with van der Waals surface area (Å²) in [4.78, 5) is 9.00. The van der Waals surface area contributed by atoms with Crippen molar-refractivity contribution in [2.45, 2.75) is 23.7 Å². The molecule has 26 heavy (non-hydrogen) atoms. The Balaban J connectivity index is 1.54. The van der Waals surface area contributed by atoms with Crippen molar-refractivity contribution in [1.29, 1.82) is 0 Å². The molecule has 0 spiro atoms. The van der Waals surface area contributed by atoms with Gasteiger partial charge in [0, 0.05) is 43.5 Å². The van der Waals surface area contributed by atoms with E-state index in [-0.39, 0.29) is 10.8 Å². The molecule has 4 rings (SSSR count). The summed E-state index contributed by atoms with van der Waals surface area (Å²) in [6.07, 6.45) is 4.72. The Kier molecular flexibility index (Phi) is 4.42. The van der Waals surface area contributed by atoms with E-state index in [1.54, 1.807) is 41.3 Å². The summed E-state index contributed by atoms with van der Waals surface area (Å²) in [6, 6.07) is 6.29. The minimum absolute atomic E-state index is 0.173. The number of piperidine rings is 1. The number of halogens is 1. The second-order valence-corrected chi connectivity index (χ2v) is 8.74. The molecule has 0 unspecified atom stereocenters. The molecule has 0 N–H and O–H groups in total. The van der Waals surface area contributed by atoms with Crippen molar-refractivity contribution in [2.75, 3.05) is 13.1 Å². The summed E-state index contributed by atoms with van der Waals surface area (Å²) in [7, 11) is -1.65. The zero-order valence-corrected chi connectivity index (χ0v) is 15.8. The summed E-state index contributed by atoms with van der Waals surface area (Å²) in [6.45, 7) is 0.905. The number of hydrogen-bond acceptors (Lipinski definition) is 5. The molecule has 1 fully saturated rings. The number of hydrogen-bond donors (Lipinski definition) is 0. The molecule has 0 bridgehead atoms. The van der Waals surface area contributed by atoms with Gasteiger partial charge in [-0.25, -0.2) is 23.1 Å². The van der Waals surface area contributed by atoms with Gasteiger partial charge in [0.15, 0.2) is 5.65 Å². The van der Waals surface area contributed by atoms with Crippen molar-refractivity contribution in [2.24, 2.45) is 7.05 Å². The summed E-state index contributed by atoms with van der Waals surface area (Å²) in [5, 5.41) is 5.10. The zero-order valence-electron chi connectivity index (χ0n) is 14.2. The third-order valence-electron chi connectivity index (χ3n) is 4.78. The van der Waals surface area contributed by atoms with Gasteiger partial charge in [-0.1, -0.05) is 11.6 Å². The van der Waals surface area contributed by atoms with Gasteiger partial charge in [-0.3, -0.25) is 0 Å². The van der Waals surface area contributed by atoms with Crippen LogP contribution in [0.5, 0.6) is 0 Å². The Morgan fingerprint density at radius 2 is 1.73 bits per heavy atom. The van der Waals surface area contributed by atoms with Crippen molar-refractivity contribution in [3.8, 4) is 0 Å². The molecular formula is C17H18ClN5O2S. The molecule has 0 aliphatic carbocycles. The van der Waals surface area contributed by atoms with E-state index in [1.165, 1.54) is 4.31 Å². The monoisotopic (exact) mass is 391 g/mol. The minimum Gasteiger partial charge on any atom is -0.249 e. The highest BCUT2D eigenvalue weighted by molar-refractivity contribution is 7.89. The quantitative estimate of drug-likeness (QED) is 0.685. The van der Waals surface area contributed by atoms with E-state index in [1.807, 2.05) is 7.05 Å². The number of aryl methyl sites for hydroxylation is 1. The fourth-order valence-electron chi connectivity index (χ4n) is 3.40. The van der Waals surface area contributed by atoms with Crippen molar-refractivity contribution < 1.29 is 8.42 Å². The molecule has 9 heteroatoms. The predicted octanol–water partition coefficient (Wildman–Crippen LogP) is 2.59. The summed E-state index contributed by atoms with van der Waals surface area (Å²) >= 11 is 5.86.